The van der Waals surface area contributed by atoms with Crippen molar-refractivity contribution in [3.8, 4) is 86.2 Å². The van der Waals surface area contributed by atoms with Crippen LogP contribution in [0.1, 0.15) is 68.6 Å². The molecule has 63 heavy (non-hydrogen) atoms. The van der Waals surface area contributed by atoms with Crippen LogP contribution in [0.4, 0.5) is 0 Å². The van der Waals surface area contributed by atoms with Gasteiger partial charge in [0.1, 0.15) is 58.6 Å². The number of ether oxygens (including phenoxy) is 4. The molecule has 4 aliphatic heterocycles. The summed E-state index contributed by atoms with van der Waals surface area (Å²) in [5.41, 5.74) is -0.611. The van der Waals surface area contributed by atoms with Crippen molar-refractivity contribution in [1.82, 2.24) is 0 Å². The van der Waals surface area contributed by atoms with Gasteiger partial charge in [0.25, 0.3) is 0 Å². The molecule has 0 aliphatic carbocycles. The fraction of sp³-hybridized carbons (Fsp3) is 0.200. The molecule has 0 aromatic heterocycles. The van der Waals surface area contributed by atoms with Crippen LogP contribution in [0.25, 0.3) is 0 Å². The van der Waals surface area contributed by atoms with Gasteiger partial charge >= 0.3 is 5.79 Å². The van der Waals surface area contributed by atoms with Gasteiger partial charge in [-0.25, -0.2) is 0 Å². The normalized spacial score (nSPS) is 25.2. The summed E-state index contributed by atoms with van der Waals surface area (Å²) in [5, 5.41) is 155. The monoisotopic (exact) mass is 864 g/mol. The molecule has 324 valence electrons. The van der Waals surface area contributed by atoms with Gasteiger partial charge in [-0.05, 0) is 59.7 Å². The van der Waals surface area contributed by atoms with Gasteiger partial charge in [-0.2, -0.15) is 0 Å². The highest BCUT2D eigenvalue weighted by Crippen LogP contribution is 2.65. The van der Waals surface area contributed by atoms with E-state index >= 15 is 0 Å². The molecule has 0 spiro atoms. The predicted octanol–water partition coefficient (Wildman–Crippen LogP) is 4.24. The van der Waals surface area contributed by atoms with E-state index in [1.807, 2.05) is 0 Å². The second-order valence-electron chi connectivity index (χ2n) is 15.9. The quantitative estimate of drug-likeness (QED) is 0.110. The van der Waals surface area contributed by atoms with Crippen LogP contribution in [0.2, 0.25) is 0 Å². The minimum Gasteiger partial charge on any atom is -0.508 e. The smallest absolute Gasteiger partial charge is 0.305 e. The standard InChI is InChI=1S/C45H36O18/c46-18-10-27(53)34-32(11-18)62-45(17-3-6-23(49)26(52)9-17)44(59)37(34)36-28(54)13-20-33(39(58)41(61-42(20)43(36)63-45)16-2-5-22(48)25(51)8-16)35-29(55)14-31-19(38(35)57)12-30(56)40(60-31)15-1-4-21(47)24(50)7-15/h1-11,13-14,30,33,37,39-41,44,46-59H,12H2. The van der Waals surface area contributed by atoms with Crippen LogP contribution < -0.4 is 18.9 Å². The van der Waals surface area contributed by atoms with Gasteiger partial charge in [0.2, 0.25) is 0 Å². The van der Waals surface area contributed by atoms with E-state index in [0.717, 1.165) is 48.5 Å². The van der Waals surface area contributed by atoms with E-state index < -0.39 is 111 Å². The number of aliphatic hydroxyl groups is 3. The van der Waals surface area contributed by atoms with Gasteiger partial charge in [-0.15, -0.1) is 0 Å². The van der Waals surface area contributed by atoms with Crippen molar-refractivity contribution in [2.75, 3.05) is 0 Å². The maximum Gasteiger partial charge on any atom is 0.305 e. The van der Waals surface area contributed by atoms with E-state index in [1.165, 1.54) is 30.3 Å². The summed E-state index contributed by atoms with van der Waals surface area (Å²) in [6, 6.07) is 15.1. The summed E-state index contributed by atoms with van der Waals surface area (Å²) in [5.74, 6) is -12.5. The Morgan fingerprint density at radius 1 is 0.476 bits per heavy atom. The molecule has 0 saturated carbocycles. The number of phenols is 11. The first-order valence-corrected chi connectivity index (χ1v) is 19.3. The second-order valence-corrected chi connectivity index (χ2v) is 15.9. The highest BCUT2D eigenvalue weighted by Gasteiger charge is 2.61. The van der Waals surface area contributed by atoms with Crippen LogP contribution in [0.5, 0.6) is 86.2 Å². The summed E-state index contributed by atoms with van der Waals surface area (Å²) in [6.45, 7) is 0. The lowest BCUT2D eigenvalue weighted by molar-refractivity contribution is -0.219. The van der Waals surface area contributed by atoms with Crippen LogP contribution in [0, 0.1) is 0 Å². The van der Waals surface area contributed by atoms with Crippen LogP contribution in [0.15, 0.2) is 78.9 Å². The molecular weight excluding hydrogens is 828 g/mol. The Kier molecular flexibility index (Phi) is 8.49. The summed E-state index contributed by atoms with van der Waals surface area (Å²) < 4.78 is 25.4. The third-order valence-corrected chi connectivity index (χ3v) is 12.2. The average molecular weight is 865 g/mol. The highest BCUT2D eigenvalue weighted by atomic mass is 16.7. The van der Waals surface area contributed by atoms with Crippen molar-refractivity contribution < 1.29 is 90.4 Å². The first kappa shape index (κ1) is 39.3. The molecule has 8 atom stereocenters. The zero-order valence-corrected chi connectivity index (χ0v) is 32.1. The SMILES string of the molecule is Oc1cc(O)c2c(c1)OC1(c3ccc(O)c(O)c3)Oc3c4c(cc(O)c3C2C1O)C(c1c(O)cc2c(c1O)CC(O)C(c1ccc(O)c(O)c1)O2)C(O)C(c1ccc(O)c(O)c1)O4. The topological polar surface area (TPSA) is 320 Å². The zero-order chi connectivity index (χ0) is 44.5. The van der Waals surface area contributed by atoms with Crippen LogP contribution in [0.3, 0.4) is 0 Å². The van der Waals surface area contributed by atoms with E-state index in [0.29, 0.717) is 0 Å². The Hall–Kier alpha value is -7.80. The van der Waals surface area contributed by atoms with Crippen molar-refractivity contribution in [1.29, 1.82) is 0 Å². The lowest BCUT2D eigenvalue weighted by Gasteiger charge is -2.50. The van der Waals surface area contributed by atoms with Crippen molar-refractivity contribution in [3.05, 3.63) is 123 Å². The number of fused-ring (bicyclic) bond motifs is 9. The molecule has 18 nitrogen and oxygen atoms in total. The molecule has 6 aromatic rings. The van der Waals surface area contributed by atoms with Gasteiger partial charge in [0.05, 0.1) is 23.5 Å². The second kappa shape index (κ2) is 13.6. The molecule has 0 amide bonds. The Morgan fingerprint density at radius 3 is 1.73 bits per heavy atom. The van der Waals surface area contributed by atoms with E-state index in [4.69, 9.17) is 18.9 Å². The average Bonchev–Trinajstić information content (AvgIpc) is 3.22. The summed E-state index contributed by atoms with van der Waals surface area (Å²) in [7, 11) is 0. The molecule has 4 aliphatic rings. The van der Waals surface area contributed by atoms with Gasteiger partial charge in [0.15, 0.2) is 52.1 Å². The summed E-state index contributed by atoms with van der Waals surface area (Å²) in [6.07, 6.45) is -8.01. The van der Waals surface area contributed by atoms with Crippen molar-refractivity contribution in [2.24, 2.45) is 0 Å². The zero-order valence-electron chi connectivity index (χ0n) is 32.1. The summed E-state index contributed by atoms with van der Waals surface area (Å²) in [4.78, 5) is 0. The highest BCUT2D eigenvalue weighted by molar-refractivity contribution is 5.72. The van der Waals surface area contributed by atoms with Crippen molar-refractivity contribution in [3.63, 3.8) is 0 Å². The van der Waals surface area contributed by atoms with E-state index in [1.54, 1.807) is 0 Å². The van der Waals surface area contributed by atoms with Gasteiger partial charge in [-0.3, -0.25) is 0 Å². The van der Waals surface area contributed by atoms with Crippen LogP contribution in [-0.4, -0.2) is 89.8 Å². The van der Waals surface area contributed by atoms with E-state index in [2.05, 4.69) is 0 Å². The molecule has 2 bridgehead atoms. The Balaban J connectivity index is 1.20. The molecule has 0 radical (unpaired) electrons. The minimum absolute atomic E-state index is 0.0143. The molecule has 14 N–H and O–H groups in total. The maximum atomic E-state index is 12.4. The Labute approximate surface area is 354 Å². The number of hydrogen-bond acceptors (Lipinski definition) is 18. The molecule has 8 unspecified atom stereocenters. The minimum atomic E-state index is -2.41. The third-order valence-electron chi connectivity index (χ3n) is 12.2. The maximum absolute atomic E-state index is 12.4. The lowest BCUT2D eigenvalue weighted by atomic mass is 9.72. The molecule has 10 rings (SSSR count). The number of aliphatic hydroxyl groups excluding tert-OH is 3. The lowest BCUT2D eigenvalue weighted by Crippen LogP contribution is -2.57. The fourth-order valence-corrected chi connectivity index (χ4v) is 9.28. The van der Waals surface area contributed by atoms with Gasteiger partial charge in [0, 0.05) is 52.4 Å². The van der Waals surface area contributed by atoms with Crippen molar-refractivity contribution in [2.45, 2.75) is 54.6 Å². The number of hydrogen-bond donors (Lipinski definition) is 14. The molecular formula is C45H36O18. The largest absolute Gasteiger partial charge is 0.508 e. The number of benzene rings is 6. The molecule has 0 saturated heterocycles. The summed E-state index contributed by atoms with van der Waals surface area (Å²) >= 11 is 0. The molecule has 18 heteroatoms. The van der Waals surface area contributed by atoms with Gasteiger partial charge in [-0.1, -0.05) is 12.1 Å². The number of rotatable bonds is 4. The Morgan fingerprint density at radius 2 is 1.08 bits per heavy atom. The van der Waals surface area contributed by atoms with Crippen LogP contribution >= 0.6 is 0 Å². The molecule has 0 fully saturated rings. The van der Waals surface area contributed by atoms with E-state index in [-0.39, 0.29) is 73.9 Å². The fourth-order valence-electron chi connectivity index (χ4n) is 9.28. The number of aromatic hydroxyl groups is 11. The number of phenolic OH excluding ortho intramolecular Hbond substituents is 11. The van der Waals surface area contributed by atoms with Crippen LogP contribution in [-0.2, 0) is 12.2 Å². The molecule has 4 heterocycles. The van der Waals surface area contributed by atoms with Gasteiger partial charge < -0.3 is 90.4 Å². The molecule has 6 aromatic carbocycles. The first-order valence-electron chi connectivity index (χ1n) is 19.3. The van der Waals surface area contributed by atoms with E-state index in [9.17, 15) is 71.5 Å². The van der Waals surface area contributed by atoms with Crippen molar-refractivity contribution >= 4 is 0 Å². The Bertz CT molecular complexity index is 2910. The third kappa shape index (κ3) is 5.68. The first-order chi connectivity index (χ1) is 30.0. The predicted molar refractivity (Wildman–Crippen MR) is 212 cm³/mol.